The van der Waals surface area contributed by atoms with Crippen molar-refractivity contribution < 1.29 is 14.2 Å². The Bertz CT molecular complexity index is 729. The second-order valence-corrected chi connectivity index (χ2v) is 5.38. The maximum atomic E-state index is 5.67. The van der Waals surface area contributed by atoms with Gasteiger partial charge in [0.05, 0.1) is 21.3 Å². The van der Waals surface area contributed by atoms with E-state index >= 15 is 0 Å². The van der Waals surface area contributed by atoms with E-state index in [0.29, 0.717) is 17.2 Å². The maximum absolute atomic E-state index is 5.67. The molecule has 0 saturated heterocycles. The first-order valence-corrected chi connectivity index (χ1v) is 7.37. The number of pyridine rings is 1. The highest BCUT2D eigenvalue weighted by Gasteiger charge is 2.31. The molecule has 5 nitrogen and oxygen atoms in total. The van der Waals surface area contributed by atoms with Crippen molar-refractivity contribution in [1.82, 2.24) is 4.98 Å². The first-order valence-electron chi connectivity index (χ1n) is 7.37. The van der Waals surface area contributed by atoms with Crippen LogP contribution in [0, 0.1) is 0 Å². The molecule has 1 aliphatic heterocycles. The maximum Gasteiger partial charge on any atom is 0.203 e. The second-order valence-electron chi connectivity index (χ2n) is 5.38. The normalized spacial score (nSPS) is 16.3. The monoisotopic (exact) mass is 312 g/mol. The molecular weight excluding hydrogens is 292 g/mol. The summed E-state index contributed by atoms with van der Waals surface area (Å²) in [7, 11) is 4.86. The molecule has 5 heteroatoms. The van der Waals surface area contributed by atoms with E-state index in [-0.39, 0.29) is 5.92 Å². The quantitative estimate of drug-likeness (QED) is 0.935. The third kappa shape index (κ3) is 2.59. The lowest BCUT2D eigenvalue weighted by atomic mass is 9.83. The van der Waals surface area contributed by atoms with Crippen molar-refractivity contribution in [3.05, 3.63) is 54.0 Å². The fraction of sp³-hybridized carbons (Fsp3) is 0.278. The molecule has 0 bridgehead atoms. The minimum absolute atomic E-state index is 0.0993. The van der Waals surface area contributed by atoms with Crippen LogP contribution < -0.4 is 19.5 Å². The first-order chi connectivity index (χ1) is 11.2. The highest BCUT2D eigenvalue weighted by molar-refractivity contribution is 5.74. The van der Waals surface area contributed by atoms with E-state index in [9.17, 15) is 0 Å². The number of methoxy groups -OCH3 is 3. The predicted octanol–water partition coefficient (Wildman–Crippen LogP) is 3.57. The van der Waals surface area contributed by atoms with Gasteiger partial charge in [-0.3, -0.25) is 4.98 Å². The van der Waals surface area contributed by atoms with E-state index in [4.69, 9.17) is 14.2 Å². The number of nitrogens with one attached hydrogen (secondary N) is 1. The number of allylic oxidation sites excluding steroid dienone is 1. The van der Waals surface area contributed by atoms with Crippen LogP contribution in [0.1, 0.15) is 23.5 Å². The van der Waals surface area contributed by atoms with Crippen LogP contribution in [0.3, 0.4) is 0 Å². The van der Waals surface area contributed by atoms with Crippen molar-refractivity contribution in [3.8, 4) is 17.2 Å². The van der Waals surface area contributed by atoms with Crippen LogP contribution in [0.25, 0.3) is 0 Å². The van der Waals surface area contributed by atoms with Gasteiger partial charge in [-0.05, 0) is 18.1 Å². The lowest BCUT2D eigenvalue weighted by Gasteiger charge is -2.31. The topological polar surface area (TPSA) is 52.6 Å². The summed E-state index contributed by atoms with van der Waals surface area (Å²) in [6.45, 7) is 4.10. The molecule has 0 amide bonds. The van der Waals surface area contributed by atoms with Crippen LogP contribution in [0.4, 0.5) is 5.69 Å². The summed E-state index contributed by atoms with van der Waals surface area (Å²) in [6, 6.07) is 5.92. The standard InChI is InChI=1S/C18H20N2O3/c1-11-8-13(12-6-5-7-19-10-12)16-14(20-11)9-15(21-2)17(22-3)18(16)23-4/h5-7,9-10,13,20H,1,8H2,2-4H3. The molecule has 1 N–H and O–H groups in total. The molecule has 3 rings (SSSR count). The number of hydrogen-bond acceptors (Lipinski definition) is 5. The minimum atomic E-state index is 0.0993. The summed E-state index contributed by atoms with van der Waals surface area (Å²) >= 11 is 0. The lowest BCUT2D eigenvalue weighted by molar-refractivity contribution is 0.321. The Balaban J connectivity index is 2.25. The summed E-state index contributed by atoms with van der Waals surface area (Å²) in [5.41, 5.74) is 4.01. The minimum Gasteiger partial charge on any atom is -0.493 e. The van der Waals surface area contributed by atoms with Crippen LogP contribution in [0.2, 0.25) is 0 Å². The average molecular weight is 312 g/mol. The van der Waals surface area contributed by atoms with Gasteiger partial charge in [-0.15, -0.1) is 0 Å². The van der Waals surface area contributed by atoms with E-state index in [1.807, 2.05) is 18.3 Å². The molecule has 0 saturated carbocycles. The van der Waals surface area contributed by atoms with Crippen molar-refractivity contribution in [2.45, 2.75) is 12.3 Å². The van der Waals surface area contributed by atoms with E-state index in [1.165, 1.54) is 0 Å². The van der Waals surface area contributed by atoms with E-state index in [1.54, 1.807) is 27.5 Å². The summed E-state index contributed by atoms with van der Waals surface area (Å²) in [5.74, 6) is 1.99. The van der Waals surface area contributed by atoms with Gasteiger partial charge in [0.15, 0.2) is 11.5 Å². The Kier molecular flexibility index (Phi) is 4.10. The summed E-state index contributed by atoms with van der Waals surface area (Å²) < 4.78 is 16.6. The third-order valence-corrected chi connectivity index (χ3v) is 4.07. The molecule has 0 aliphatic carbocycles. The molecule has 1 atom stereocenters. The number of ether oxygens (including phenoxy) is 3. The van der Waals surface area contributed by atoms with Gasteiger partial charge in [0.1, 0.15) is 0 Å². The predicted molar refractivity (Wildman–Crippen MR) is 89.6 cm³/mol. The lowest BCUT2D eigenvalue weighted by Crippen LogP contribution is -2.17. The van der Waals surface area contributed by atoms with Gasteiger partial charge in [0.2, 0.25) is 5.75 Å². The zero-order valence-corrected chi connectivity index (χ0v) is 13.6. The SMILES string of the molecule is C=C1CC(c2cccnc2)c2c(cc(OC)c(OC)c2OC)N1. The number of hydrogen-bond donors (Lipinski definition) is 1. The largest absolute Gasteiger partial charge is 0.493 e. The van der Waals surface area contributed by atoms with Crippen LogP contribution in [-0.2, 0) is 0 Å². The molecule has 1 aromatic heterocycles. The van der Waals surface area contributed by atoms with Crippen molar-refractivity contribution in [1.29, 1.82) is 0 Å². The first kappa shape index (κ1) is 15.2. The average Bonchev–Trinajstić information content (AvgIpc) is 2.59. The molecule has 23 heavy (non-hydrogen) atoms. The van der Waals surface area contributed by atoms with Gasteiger partial charge in [0, 0.05) is 41.3 Å². The Labute approximate surface area is 135 Å². The third-order valence-electron chi connectivity index (χ3n) is 4.07. The second kappa shape index (κ2) is 6.20. The number of fused-ring (bicyclic) bond motifs is 1. The van der Waals surface area contributed by atoms with Crippen LogP contribution in [0.5, 0.6) is 17.2 Å². The molecule has 1 aromatic carbocycles. The van der Waals surface area contributed by atoms with Crippen molar-refractivity contribution in [2.75, 3.05) is 26.6 Å². The van der Waals surface area contributed by atoms with Crippen LogP contribution >= 0.6 is 0 Å². The van der Waals surface area contributed by atoms with Gasteiger partial charge >= 0.3 is 0 Å². The molecule has 120 valence electrons. The summed E-state index contributed by atoms with van der Waals surface area (Å²) in [4.78, 5) is 4.24. The zero-order chi connectivity index (χ0) is 16.4. The summed E-state index contributed by atoms with van der Waals surface area (Å²) in [6.07, 6.45) is 4.42. The van der Waals surface area contributed by atoms with E-state index in [0.717, 1.165) is 28.9 Å². The van der Waals surface area contributed by atoms with Crippen molar-refractivity contribution in [3.63, 3.8) is 0 Å². The number of benzene rings is 1. The van der Waals surface area contributed by atoms with Crippen LogP contribution in [-0.4, -0.2) is 26.3 Å². The number of nitrogens with zero attached hydrogens (tertiary/aromatic N) is 1. The molecule has 0 radical (unpaired) electrons. The number of aromatic nitrogens is 1. The van der Waals surface area contributed by atoms with E-state index in [2.05, 4.69) is 22.9 Å². The molecule has 0 fully saturated rings. The van der Waals surface area contributed by atoms with Crippen LogP contribution in [0.15, 0.2) is 42.9 Å². The fourth-order valence-corrected chi connectivity index (χ4v) is 3.08. The Morgan fingerprint density at radius 2 is 1.96 bits per heavy atom. The van der Waals surface area contributed by atoms with Gasteiger partial charge in [-0.1, -0.05) is 12.6 Å². The zero-order valence-electron chi connectivity index (χ0n) is 13.6. The molecule has 1 unspecified atom stereocenters. The molecular formula is C18H20N2O3. The molecule has 2 aromatic rings. The van der Waals surface area contributed by atoms with Crippen molar-refractivity contribution >= 4 is 5.69 Å². The van der Waals surface area contributed by atoms with Gasteiger partial charge in [-0.2, -0.15) is 0 Å². The van der Waals surface area contributed by atoms with Crippen molar-refractivity contribution in [2.24, 2.45) is 0 Å². The Hall–Kier alpha value is -2.69. The Morgan fingerprint density at radius 3 is 2.57 bits per heavy atom. The highest BCUT2D eigenvalue weighted by Crippen LogP contribution is 2.52. The van der Waals surface area contributed by atoms with Gasteiger partial charge in [-0.25, -0.2) is 0 Å². The highest BCUT2D eigenvalue weighted by atomic mass is 16.5. The van der Waals surface area contributed by atoms with Gasteiger partial charge in [0.25, 0.3) is 0 Å². The van der Waals surface area contributed by atoms with E-state index < -0.39 is 0 Å². The number of rotatable bonds is 4. The smallest absolute Gasteiger partial charge is 0.203 e. The molecule has 0 spiro atoms. The molecule has 1 aliphatic rings. The number of anilines is 1. The summed E-state index contributed by atoms with van der Waals surface area (Å²) in [5, 5.41) is 3.33. The molecule has 2 heterocycles. The van der Waals surface area contributed by atoms with Gasteiger partial charge < -0.3 is 19.5 Å². The Morgan fingerprint density at radius 1 is 1.17 bits per heavy atom. The fourth-order valence-electron chi connectivity index (χ4n) is 3.08.